The summed E-state index contributed by atoms with van der Waals surface area (Å²) < 4.78 is 27.2. The summed E-state index contributed by atoms with van der Waals surface area (Å²) in [6, 6.07) is 9.98. The minimum absolute atomic E-state index is 0.207. The molecule has 3 rings (SSSR count). The maximum absolute atomic E-state index is 12.6. The molecule has 9 heteroatoms. The van der Waals surface area contributed by atoms with Crippen LogP contribution in [0.5, 0.6) is 17.2 Å². The lowest BCUT2D eigenvalue weighted by atomic mass is 10.0. The van der Waals surface area contributed by atoms with Gasteiger partial charge in [-0.3, -0.25) is 4.84 Å². The van der Waals surface area contributed by atoms with Crippen LogP contribution in [-0.2, 0) is 9.57 Å². The fraction of sp³-hybridized carbons (Fsp3) is 0.333. The van der Waals surface area contributed by atoms with E-state index in [0.717, 1.165) is 5.06 Å². The van der Waals surface area contributed by atoms with E-state index in [1.54, 1.807) is 51.1 Å². The SMILES string of the molecule is COc1cc2c(-c3cccc(N(OC)C(=O)OC(C)(C)C)c3)cc(=O)oc2c(OC)c1OC. The normalized spacial score (nSPS) is 11.2. The molecule has 0 radical (unpaired) electrons. The summed E-state index contributed by atoms with van der Waals surface area (Å²) in [5, 5.41) is 1.59. The second kappa shape index (κ2) is 9.41. The Morgan fingerprint density at radius 3 is 2.21 bits per heavy atom. The van der Waals surface area contributed by atoms with Gasteiger partial charge in [-0.25, -0.2) is 9.59 Å². The Bertz CT molecular complexity index is 1230. The van der Waals surface area contributed by atoms with Crippen molar-refractivity contribution in [3.05, 3.63) is 46.8 Å². The Labute approximate surface area is 191 Å². The van der Waals surface area contributed by atoms with Crippen LogP contribution in [0.1, 0.15) is 20.8 Å². The Hall–Kier alpha value is -3.72. The Kier molecular flexibility index (Phi) is 6.83. The summed E-state index contributed by atoms with van der Waals surface area (Å²) >= 11 is 0. The maximum atomic E-state index is 12.6. The number of hydrogen-bond acceptors (Lipinski definition) is 8. The van der Waals surface area contributed by atoms with Crippen LogP contribution in [0, 0.1) is 0 Å². The predicted molar refractivity (Wildman–Crippen MR) is 123 cm³/mol. The molecule has 0 saturated heterocycles. The van der Waals surface area contributed by atoms with Crippen molar-refractivity contribution in [3.8, 4) is 28.4 Å². The molecule has 0 saturated carbocycles. The van der Waals surface area contributed by atoms with E-state index in [2.05, 4.69) is 0 Å². The average Bonchev–Trinajstić information content (AvgIpc) is 2.76. The minimum Gasteiger partial charge on any atom is -0.493 e. The first-order chi connectivity index (χ1) is 15.6. The highest BCUT2D eigenvalue weighted by molar-refractivity contribution is 5.99. The topological polar surface area (TPSA) is 96.7 Å². The van der Waals surface area contributed by atoms with E-state index in [9.17, 15) is 9.59 Å². The number of benzene rings is 2. The molecule has 9 nitrogen and oxygen atoms in total. The first-order valence-corrected chi connectivity index (χ1v) is 10.1. The van der Waals surface area contributed by atoms with Crippen molar-refractivity contribution < 1.29 is 33.0 Å². The summed E-state index contributed by atoms with van der Waals surface area (Å²) in [7, 11) is 5.78. The van der Waals surface area contributed by atoms with Crippen molar-refractivity contribution in [3.63, 3.8) is 0 Å². The predicted octanol–water partition coefficient (Wildman–Crippen LogP) is 4.79. The van der Waals surface area contributed by atoms with Crippen molar-refractivity contribution >= 4 is 22.7 Å². The molecule has 0 aliphatic heterocycles. The summed E-state index contributed by atoms with van der Waals surface area (Å²) in [6.45, 7) is 5.29. The van der Waals surface area contributed by atoms with Gasteiger partial charge in [0.05, 0.1) is 34.1 Å². The lowest BCUT2D eigenvalue weighted by Gasteiger charge is -2.25. The van der Waals surface area contributed by atoms with Crippen molar-refractivity contribution in [2.45, 2.75) is 26.4 Å². The molecule has 0 unspecified atom stereocenters. The van der Waals surface area contributed by atoms with Crippen LogP contribution in [0.4, 0.5) is 10.5 Å². The number of hydrogen-bond donors (Lipinski definition) is 0. The van der Waals surface area contributed by atoms with Crippen molar-refractivity contribution in [2.24, 2.45) is 0 Å². The van der Waals surface area contributed by atoms with Gasteiger partial charge in [-0.15, -0.1) is 0 Å². The lowest BCUT2D eigenvalue weighted by molar-refractivity contribution is 0.0328. The van der Waals surface area contributed by atoms with Gasteiger partial charge in [-0.1, -0.05) is 12.1 Å². The first-order valence-electron chi connectivity index (χ1n) is 10.1. The molecule has 0 spiro atoms. The van der Waals surface area contributed by atoms with Crippen LogP contribution in [0.2, 0.25) is 0 Å². The molecule has 0 N–H and O–H groups in total. The van der Waals surface area contributed by atoms with E-state index >= 15 is 0 Å². The fourth-order valence-corrected chi connectivity index (χ4v) is 3.38. The molecule has 33 heavy (non-hydrogen) atoms. The average molecular weight is 457 g/mol. The molecule has 1 aromatic heterocycles. The van der Waals surface area contributed by atoms with Gasteiger partial charge in [0.15, 0.2) is 11.3 Å². The number of nitrogens with zero attached hydrogens (tertiary/aromatic N) is 1. The summed E-state index contributed by atoms with van der Waals surface area (Å²) in [5.74, 6) is 0.937. The van der Waals surface area contributed by atoms with E-state index in [0.29, 0.717) is 33.7 Å². The standard InChI is InChI=1S/C24H27NO8/c1-24(2,3)33-23(27)25(31-7)15-10-8-9-14(11-15)16-13-19(26)32-20-17(16)12-18(28-4)21(29-5)22(20)30-6/h8-13H,1-7H3. The maximum Gasteiger partial charge on any atom is 0.439 e. The van der Waals surface area contributed by atoms with E-state index < -0.39 is 17.3 Å². The zero-order chi connectivity index (χ0) is 24.3. The molecule has 1 amide bonds. The van der Waals surface area contributed by atoms with Crippen LogP contribution in [-0.4, -0.2) is 40.1 Å². The van der Waals surface area contributed by atoms with Crippen molar-refractivity contribution in [1.29, 1.82) is 0 Å². The third-order valence-corrected chi connectivity index (χ3v) is 4.67. The Balaban J connectivity index is 2.21. The number of carbonyl (C=O) groups excluding carboxylic acids is 1. The van der Waals surface area contributed by atoms with Gasteiger partial charge < -0.3 is 23.4 Å². The highest BCUT2D eigenvalue weighted by Crippen LogP contribution is 2.45. The van der Waals surface area contributed by atoms with Crippen LogP contribution < -0.4 is 24.9 Å². The Morgan fingerprint density at radius 2 is 1.64 bits per heavy atom. The van der Waals surface area contributed by atoms with Crippen LogP contribution in [0.25, 0.3) is 22.1 Å². The molecule has 3 aromatic rings. The van der Waals surface area contributed by atoms with E-state index in [-0.39, 0.29) is 11.3 Å². The van der Waals surface area contributed by atoms with Gasteiger partial charge in [-0.05, 0) is 44.5 Å². The second-order valence-electron chi connectivity index (χ2n) is 8.01. The fourth-order valence-electron chi connectivity index (χ4n) is 3.38. The van der Waals surface area contributed by atoms with Gasteiger partial charge in [-0.2, -0.15) is 5.06 Å². The number of ether oxygens (including phenoxy) is 4. The van der Waals surface area contributed by atoms with Crippen molar-refractivity contribution in [2.75, 3.05) is 33.5 Å². The van der Waals surface area contributed by atoms with Crippen molar-refractivity contribution in [1.82, 2.24) is 0 Å². The molecule has 0 aliphatic carbocycles. The zero-order valence-electron chi connectivity index (χ0n) is 19.7. The first kappa shape index (κ1) is 23.9. The highest BCUT2D eigenvalue weighted by Gasteiger charge is 2.25. The molecular weight excluding hydrogens is 430 g/mol. The van der Waals surface area contributed by atoms with Crippen LogP contribution >= 0.6 is 0 Å². The van der Waals surface area contributed by atoms with Crippen LogP contribution in [0.3, 0.4) is 0 Å². The highest BCUT2D eigenvalue weighted by atomic mass is 16.7. The van der Waals surface area contributed by atoms with E-state index in [1.165, 1.54) is 34.5 Å². The largest absolute Gasteiger partial charge is 0.493 e. The summed E-state index contributed by atoms with van der Waals surface area (Å²) in [4.78, 5) is 30.3. The number of methoxy groups -OCH3 is 3. The molecule has 2 aromatic carbocycles. The lowest BCUT2D eigenvalue weighted by Crippen LogP contribution is -2.36. The van der Waals surface area contributed by atoms with Gasteiger partial charge in [0, 0.05) is 17.0 Å². The van der Waals surface area contributed by atoms with E-state index in [1.807, 2.05) is 0 Å². The second-order valence-corrected chi connectivity index (χ2v) is 8.01. The monoisotopic (exact) mass is 457 g/mol. The molecule has 0 atom stereocenters. The molecule has 1 heterocycles. The minimum atomic E-state index is -0.702. The number of amides is 1. The third-order valence-electron chi connectivity index (χ3n) is 4.67. The number of rotatable bonds is 6. The smallest absolute Gasteiger partial charge is 0.439 e. The summed E-state index contributed by atoms with van der Waals surface area (Å²) in [5.41, 5.74) is 0.514. The Morgan fingerprint density at radius 1 is 0.939 bits per heavy atom. The molecule has 0 bridgehead atoms. The number of hydroxylamine groups is 1. The quantitative estimate of drug-likeness (QED) is 0.385. The molecule has 176 valence electrons. The van der Waals surface area contributed by atoms with Gasteiger partial charge >= 0.3 is 11.7 Å². The zero-order valence-corrected chi connectivity index (χ0v) is 19.7. The number of carbonyl (C=O) groups is 1. The number of anilines is 1. The van der Waals surface area contributed by atoms with Gasteiger partial charge in [0.25, 0.3) is 0 Å². The molecular formula is C24H27NO8. The third kappa shape index (κ3) is 4.88. The number of fused-ring (bicyclic) bond motifs is 1. The van der Waals surface area contributed by atoms with Crippen LogP contribution in [0.15, 0.2) is 45.6 Å². The molecule has 0 fully saturated rings. The summed E-state index contributed by atoms with van der Waals surface area (Å²) in [6.07, 6.45) is -0.673. The van der Waals surface area contributed by atoms with E-state index in [4.69, 9.17) is 28.2 Å². The van der Waals surface area contributed by atoms with Gasteiger partial charge in [0.1, 0.15) is 5.60 Å². The van der Waals surface area contributed by atoms with Gasteiger partial charge in [0.2, 0.25) is 11.5 Å². The molecule has 0 aliphatic rings.